The molecule has 5 heteroatoms. The van der Waals surface area contributed by atoms with Gasteiger partial charge in [0.1, 0.15) is 11.6 Å². The number of benzene rings is 1. The van der Waals surface area contributed by atoms with Crippen LogP contribution in [0.25, 0.3) is 0 Å². The van der Waals surface area contributed by atoms with E-state index in [4.69, 9.17) is 11.6 Å². The zero-order chi connectivity index (χ0) is 12.3. The van der Waals surface area contributed by atoms with Crippen LogP contribution in [0.15, 0.2) is 30.3 Å². The maximum absolute atomic E-state index is 12.7. The fourth-order valence-corrected chi connectivity index (χ4v) is 1.64. The van der Waals surface area contributed by atoms with Gasteiger partial charge in [0, 0.05) is 18.3 Å². The van der Waals surface area contributed by atoms with Gasteiger partial charge in [-0.1, -0.05) is 12.1 Å². The van der Waals surface area contributed by atoms with E-state index < -0.39 is 0 Å². The number of hydrogen-bond acceptors (Lipinski definition) is 3. The summed E-state index contributed by atoms with van der Waals surface area (Å²) in [5, 5.41) is 3.32. The number of halogens is 2. The third kappa shape index (κ3) is 3.39. The zero-order valence-corrected chi connectivity index (χ0v) is 10.0. The van der Waals surface area contributed by atoms with Gasteiger partial charge in [-0.05, 0) is 36.2 Å². The highest BCUT2D eigenvalue weighted by molar-refractivity contribution is 6.28. The van der Waals surface area contributed by atoms with E-state index in [0.29, 0.717) is 12.4 Å². The van der Waals surface area contributed by atoms with Crippen molar-refractivity contribution in [3.8, 4) is 0 Å². The molecule has 0 saturated heterocycles. The molecule has 2 rings (SSSR count). The fourth-order valence-electron chi connectivity index (χ4n) is 1.42. The van der Waals surface area contributed by atoms with E-state index in [1.165, 1.54) is 12.1 Å². The molecule has 3 nitrogen and oxygen atoms in total. The Labute approximate surface area is 104 Å². The monoisotopic (exact) mass is 251 g/mol. The van der Waals surface area contributed by atoms with Crippen molar-refractivity contribution in [1.82, 2.24) is 9.97 Å². The molecule has 0 saturated carbocycles. The Hall–Kier alpha value is -1.68. The van der Waals surface area contributed by atoms with E-state index in [1.54, 1.807) is 18.2 Å². The van der Waals surface area contributed by atoms with Gasteiger partial charge in [0.05, 0.1) is 0 Å². The summed E-state index contributed by atoms with van der Waals surface area (Å²) in [6, 6.07) is 8.09. The Balaban J connectivity index is 2.04. The van der Waals surface area contributed by atoms with Crippen LogP contribution in [0, 0.1) is 12.7 Å². The summed E-state index contributed by atoms with van der Waals surface area (Å²) in [4.78, 5) is 8.00. The van der Waals surface area contributed by atoms with Crippen molar-refractivity contribution >= 4 is 17.4 Å². The average Bonchev–Trinajstić information content (AvgIpc) is 2.27. The lowest BCUT2D eigenvalue weighted by Crippen LogP contribution is -2.02. The Morgan fingerprint density at radius 1 is 1.24 bits per heavy atom. The molecule has 0 atom stereocenters. The molecule has 1 aromatic heterocycles. The van der Waals surface area contributed by atoms with Crippen LogP contribution in [-0.2, 0) is 6.54 Å². The van der Waals surface area contributed by atoms with Crippen molar-refractivity contribution in [2.24, 2.45) is 0 Å². The summed E-state index contributed by atoms with van der Waals surface area (Å²) >= 11 is 5.74. The Bertz CT molecular complexity index is 493. The molecular formula is C12H11ClFN3. The van der Waals surface area contributed by atoms with Crippen molar-refractivity contribution in [2.75, 3.05) is 5.32 Å². The summed E-state index contributed by atoms with van der Waals surface area (Å²) < 4.78 is 12.7. The number of anilines is 1. The highest BCUT2D eigenvalue weighted by Crippen LogP contribution is 2.11. The first kappa shape index (κ1) is 11.8. The predicted octanol–water partition coefficient (Wildman–Crippen LogP) is 3.19. The van der Waals surface area contributed by atoms with Crippen LogP contribution in [0.3, 0.4) is 0 Å². The molecule has 0 bridgehead atoms. The van der Waals surface area contributed by atoms with Crippen LogP contribution in [0.4, 0.5) is 10.2 Å². The Kier molecular flexibility index (Phi) is 3.54. The van der Waals surface area contributed by atoms with Crippen LogP contribution in [-0.4, -0.2) is 9.97 Å². The summed E-state index contributed by atoms with van der Waals surface area (Å²) in [6.45, 7) is 2.41. The quantitative estimate of drug-likeness (QED) is 0.852. The van der Waals surface area contributed by atoms with Crippen molar-refractivity contribution in [3.63, 3.8) is 0 Å². The zero-order valence-electron chi connectivity index (χ0n) is 9.24. The molecule has 0 spiro atoms. The maximum Gasteiger partial charge on any atom is 0.224 e. The number of rotatable bonds is 3. The first-order valence-electron chi connectivity index (χ1n) is 5.13. The third-order valence-electron chi connectivity index (χ3n) is 2.21. The predicted molar refractivity (Wildman–Crippen MR) is 65.5 cm³/mol. The fraction of sp³-hybridized carbons (Fsp3) is 0.167. The van der Waals surface area contributed by atoms with Crippen molar-refractivity contribution in [3.05, 3.63) is 52.7 Å². The Morgan fingerprint density at radius 3 is 2.59 bits per heavy atom. The molecule has 0 aliphatic rings. The third-order valence-corrected chi connectivity index (χ3v) is 2.38. The molecule has 0 fully saturated rings. The van der Waals surface area contributed by atoms with E-state index in [0.717, 1.165) is 11.3 Å². The van der Waals surface area contributed by atoms with E-state index in [9.17, 15) is 4.39 Å². The minimum Gasteiger partial charge on any atom is -0.366 e. The number of hydrogen-bond donors (Lipinski definition) is 1. The molecule has 0 amide bonds. The number of aromatic nitrogens is 2. The molecule has 0 radical (unpaired) electrons. The summed E-state index contributed by atoms with van der Waals surface area (Å²) in [6.07, 6.45) is 0. The van der Waals surface area contributed by atoms with Crippen molar-refractivity contribution in [1.29, 1.82) is 0 Å². The topological polar surface area (TPSA) is 37.8 Å². The highest BCUT2D eigenvalue weighted by Gasteiger charge is 2.00. The molecule has 1 heterocycles. The number of nitrogens with zero attached hydrogens (tertiary/aromatic N) is 2. The van der Waals surface area contributed by atoms with Gasteiger partial charge < -0.3 is 5.32 Å². The molecule has 0 unspecified atom stereocenters. The van der Waals surface area contributed by atoms with E-state index in [1.807, 2.05) is 6.92 Å². The van der Waals surface area contributed by atoms with E-state index in [-0.39, 0.29) is 11.1 Å². The van der Waals surface area contributed by atoms with Crippen LogP contribution in [0.2, 0.25) is 5.28 Å². The van der Waals surface area contributed by atoms with Gasteiger partial charge >= 0.3 is 0 Å². The molecule has 1 N–H and O–H groups in total. The molecule has 1 aromatic carbocycles. The molecule has 2 aromatic rings. The summed E-state index contributed by atoms with van der Waals surface area (Å²) in [7, 11) is 0. The molecule has 88 valence electrons. The molecule has 0 aliphatic carbocycles. The van der Waals surface area contributed by atoms with Crippen LogP contribution < -0.4 is 5.32 Å². The average molecular weight is 252 g/mol. The maximum atomic E-state index is 12.7. The van der Waals surface area contributed by atoms with Crippen LogP contribution in [0.1, 0.15) is 11.3 Å². The second kappa shape index (κ2) is 5.10. The van der Waals surface area contributed by atoms with Crippen LogP contribution in [0.5, 0.6) is 0 Å². The van der Waals surface area contributed by atoms with Gasteiger partial charge in [-0.25, -0.2) is 14.4 Å². The van der Waals surface area contributed by atoms with Gasteiger partial charge in [-0.3, -0.25) is 0 Å². The lowest BCUT2D eigenvalue weighted by Gasteiger charge is -2.06. The second-order valence-corrected chi connectivity index (χ2v) is 3.98. The number of nitrogens with one attached hydrogen (secondary N) is 1. The molecule has 17 heavy (non-hydrogen) atoms. The van der Waals surface area contributed by atoms with Crippen molar-refractivity contribution < 1.29 is 4.39 Å². The minimum atomic E-state index is -0.241. The molecular weight excluding hydrogens is 241 g/mol. The van der Waals surface area contributed by atoms with E-state index >= 15 is 0 Å². The summed E-state index contributed by atoms with van der Waals surface area (Å²) in [5.74, 6) is 0.418. The summed E-state index contributed by atoms with van der Waals surface area (Å²) in [5.41, 5.74) is 1.77. The largest absolute Gasteiger partial charge is 0.366 e. The first-order valence-corrected chi connectivity index (χ1v) is 5.51. The van der Waals surface area contributed by atoms with Gasteiger partial charge in [0.25, 0.3) is 0 Å². The minimum absolute atomic E-state index is 0.214. The van der Waals surface area contributed by atoms with Crippen LogP contribution >= 0.6 is 11.6 Å². The molecule has 0 aliphatic heterocycles. The smallest absolute Gasteiger partial charge is 0.224 e. The van der Waals surface area contributed by atoms with E-state index in [2.05, 4.69) is 15.3 Å². The van der Waals surface area contributed by atoms with Gasteiger partial charge in [0.15, 0.2) is 0 Å². The Morgan fingerprint density at radius 2 is 1.94 bits per heavy atom. The normalized spacial score (nSPS) is 10.3. The van der Waals surface area contributed by atoms with Gasteiger partial charge in [-0.2, -0.15) is 0 Å². The second-order valence-electron chi connectivity index (χ2n) is 3.64. The van der Waals surface area contributed by atoms with Crippen molar-refractivity contribution in [2.45, 2.75) is 13.5 Å². The first-order chi connectivity index (χ1) is 8.13. The standard InChI is InChI=1S/C12H11ClFN3/c1-8-6-11(17-12(13)16-8)15-7-9-2-4-10(14)5-3-9/h2-6H,7H2,1H3,(H,15,16,17). The lowest BCUT2D eigenvalue weighted by molar-refractivity contribution is 0.627. The highest BCUT2D eigenvalue weighted by atomic mass is 35.5. The van der Waals surface area contributed by atoms with Gasteiger partial charge in [-0.15, -0.1) is 0 Å². The lowest BCUT2D eigenvalue weighted by atomic mass is 10.2. The van der Waals surface area contributed by atoms with Gasteiger partial charge in [0.2, 0.25) is 5.28 Å². The number of aryl methyl sites for hydroxylation is 1. The SMILES string of the molecule is Cc1cc(NCc2ccc(F)cc2)nc(Cl)n1.